The molecule has 1 fully saturated rings. The molecule has 35 heavy (non-hydrogen) atoms. The third-order valence-electron chi connectivity index (χ3n) is 5.65. The largest absolute Gasteiger partial charge is 0.488 e. The number of thioether (sulfide) groups is 1. The van der Waals surface area contributed by atoms with E-state index in [0.717, 1.165) is 38.1 Å². The van der Waals surface area contributed by atoms with Crippen LogP contribution < -0.4 is 4.74 Å². The summed E-state index contributed by atoms with van der Waals surface area (Å²) in [7, 11) is 0. The number of imide groups is 1. The van der Waals surface area contributed by atoms with Gasteiger partial charge in [-0.1, -0.05) is 70.5 Å². The molecule has 0 N–H and O–H groups in total. The van der Waals surface area contributed by atoms with E-state index in [1.807, 2.05) is 54.6 Å². The zero-order valence-corrected chi connectivity index (χ0v) is 20.8. The Morgan fingerprint density at radius 1 is 0.943 bits per heavy atom. The maximum absolute atomic E-state index is 13.2. The van der Waals surface area contributed by atoms with Crippen LogP contribution in [0.1, 0.15) is 16.7 Å². The van der Waals surface area contributed by atoms with Crippen molar-refractivity contribution in [3.8, 4) is 5.75 Å². The minimum atomic E-state index is -0.336. The Morgan fingerprint density at radius 3 is 2.54 bits per heavy atom. The standard InChI is InChI=1S/C28H19BrFNO3S/c29-22-10-13-25(34-17-18-8-11-23(30)12-9-18)21(14-22)15-26-27(32)31(28(33)35-26)16-20-6-3-5-19-4-1-2-7-24(19)20/h1-15H,16-17H2/b26-15+. The van der Waals surface area contributed by atoms with Crippen molar-refractivity contribution in [3.05, 3.63) is 117 Å². The number of fused-ring (bicyclic) bond motifs is 1. The Morgan fingerprint density at radius 2 is 1.71 bits per heavy atom. The molecule has 1 aliphatic heterocycles. The summed E-state index contributed by atoms with van der Waals surface area (Å²) in [5, 5.41) is 1.77. The molecule has 0 unspecified atom stereocenters. The third-order valence-corrected chi connectivity index (χ3v) is 7.05. The van der Waals surface area contributed by atoms with E-state index in [-0.39, 0.29) is 30.1 Å². The fourth-order valence-electron chi connectivity index (χ4n) is 3.88. The molecule has 2 amide bonds. The molecule has 0 saturated carbocycles. The molecule has 0 bridgehead atoms. The van der Waals surface area contributed by atoms with Gasteiger partial charge >= 0.3 is 0 Å². The van der Waals surface area contributed by atoms with Crippen LogP contribution in [0.15, 0.2) is 94.3 Å². The number of benzene rings is 4. The van der Waals surface area contributed by atoms with Crippen molar-refractivity contribution in [1.82, 2.24) is 4.90 Å². The normalized spacial score (nSPS) is 14.8. The molecule has 4 nitrogen and oxygen atoms in total. The monoisotopic (exact) mass is 547 g/mol. The number of carbonyl (C=O) groups excluding carboxylic acids is 2. The number of rotatable bonds is 6. The Bertz CT molecular complexity index is 1460. The minimum absolute atomic E-state index is 0.204. The highest BCUT2D eigenvalue weighted by Crippen LogP contribution is 2.36. The maximum Gasteiger partial charge on any atom is 0.293 e. The van der Waals surface area contributed by atoms with Crippen LogP contribution in [0.25, 0.3) is 16.8 Å². The van der Waals surface area contributed by atoms with Crippen LogP contribution in [0.3, 0.4) is 0 Å². The summed E-state index contributed by atoms with van der Waals surface area (Å²) in [6, 6.07) is 25.3. The molecule has 1 aliphatic rings. The first-order valence-electron chi connectivity index (χ1n) is 10.9. The Kier molecular flexibility index (Phi) is 6.70. The van der Waals surface area contributed by atoms with Crippen LogP contribution in [0, 0.1) is 5.82 Å². The van der Waals surface area contributed by atoms with Gasteiger partial charge in [0.05, 0.1) is 11.4 Å². The third kappa shape index (κ3) is 5.16. The quantitative estimate of drug-likeness (QED) is 0.234. The van der Waals surface area contributed by atoms with Crippen molar-refractivity contribution < 1.29 is 18.7 Å². The van der Waals surface area contributed by atoms with Crippen molar-refractivity contribution in [2.45, 2.75) is 13.2 Å². The van der Waals surface area contributed by atoms with Gasteiger partial charge in [-0.15, -0.1) is 0 Å². The van der Waals surface area contributed by atoms with Crippen LogP contribution in [0.5, 0.6) is 5.75 Å². The molecule has 0 radical (unpaired) electrons. The highest BCUT2D eigenvalue weighted by molar-refractivity contribution is 9.10. The van der Waals surface area contributed by atoms with E-state index in [0.29, 0.717) is 16.2 Å². The maximum atomic E-state index is 13.2. The number of ether oxygens (including phenoxy) is 1. The number of carbonyl (C=O) groups is 2. The first-order valence-corrected chi connectivity index (χ1v) is 12.5. The lowest BCUT2D eigenvalue weighted by atomic mass is 10.0. The predicted octanol–water partition coefficient (Wildman–Crippen LogP) is 7.56. The molecule has 5 rings (SSSR count). The summed E-state index contributed by atoms with van der Waals surface area (Å²) in [5.41, 5.74) is 2.39. The van der Waals surface area contributed by atoms with E-state index >= 15 is 0 Å². The molecule has 4 aromatic rings. The van der Waals surface area contributed by atoms with Gasteiger partial charge in [-0.2, -0.15) is 0 Å². The van der Waals surface area contributed by atoms with E-state index in [4.69, 9.17) is 4.74 Å². The average molecular weight is 548 g/mol. The smallest absolute Gasteiger partial charge is 0.293 e. The zero-order chi connectivity index (χ0) is 24.4. The topological polar surface area (TPSA) is 46.6 Å². The van der Waals surface area contributed by atoms with Gasteiger partial charge in [-0.25, -0.2) is 4.39 Å². The Hall–Kier alpha value is -3.42. The molecule has 0 atom stereocenters. The minimum Gasteiger partial charge on any atom is -0.488 e. The second-order valence-corrected chi connectivity index (χ2v) is 9.91. The summed E-state index contributed by atoms with van der Waals surface area (Å²) in [6.45, 7) is 0.446. The molecule has 7 heteroatoms. The number of hydrogen-bond acceptors (Lipinski definition) is 4. The summed E-state index contributed by atoms with van der Waals surface area (Å²) in [5.74, 6) is -0.0897. The second kappa shape index (κ2) is 10.1. The highest BCUT2D eigenvalue weighted by Gasteiger charge is 2.35. The first-order chi connectivity index (χ1) is 17.0. The molecule has 174 valence electrons. The number of halogens is 2. The van der Waals surface area contributed by atoms with Gasteiger partial charge in [-0.05, 0) is 70.1 Å². The van der Waals surface area contributed by atoms with E-state index in [1.165, 1.54) is 17.0 Å². The molecular formula is C28H19BrFNO3S. The van der Waals surface area contributed by atoms with Crippen LogP contribution in [0.4, 0.5) is 9.18 Å². The highest BCUT2D eigenvalue weighted by atomic mass is 79.9. The molecular weight excluding hydrogens is 529 g/mol. The average Bonchev–Trinajstić information content (AvgIpc) is 3.12. The first kappa shape index (κ1) is 23.3. The van der Waals surface area contributed by atoms with Crippen molar-refractivity contribution in [2.24, 2.45) is 0 Å². The zero-order valence-electron chi connectivity index (χ0n) is 18.4. The van der Waals surface area contributed by atoms with Crippen LogP contribution in [-0.2, 0) is 17.9 Å². The fraction of sp³-hybridized carbons (Fsp3) is 0.0714. The Labute approximate surface area is 214 Å². The van der Waals surface area contributed by atoms with E-state index in [2.05, 4.69) is 15.9 Å². The molecule has 4 aromatic carbocycles. The van der Waals surface area contributed by atoms with Crippen molar-refractivity contribution >= 4 is 55.7 Å². The van der Waals surface area contributed by atoms with E-state index in [9.17, 15) is 14.0 Å². The summed E-state index contributed by atoms with van der Waals surface area (Å²) in [4.78, 5) is 27.6. The van der Waals surface area contributed by atoms with Gasteiger partial charge in [0.15, 0.2) is 0 Å². The van der Waals surface area contributed by atoms with Crippen molar-refractivity contribution in [3.63, 3.8) is 0 Å². The van der Waals surface area contributed by atoms with Crippen LogP contribution in [-0.4, -0.2) is 16.0 Å². The second-order valence-electron chi connectivity index (χ2n) is 8.00. The van der Waals surface area contributed by atoms with E-state index < -0.39 is 0 Å². The Balaban J connectivity index is 1.39. The molecule has 1 saturated heterocycles. The van der Waals surface area contributed by atoms with E-state index in [1.54, 1.807) is 24.3 Å². The lowest BCUT2D eigenvalue weighted by Crippen LogP contribution is -2.27. The number of hydrogen-bond donors (Lipinski definition) is 0. The predicted molar refractivity (Wildman–Crippen MR) is 140 cm³/mol. The number of nitrogens with zero attached hydrogens (tertiary/aromatic N) is 1. The van der Waals surface area contributed by atoms with Gasteiger partial charge in [0.1, 0.15) is 18.2 Å². The van der Waals surface area contributed by atoms with Crippen LogP contribution in [0.2, 0.25) is 0 Å². The molecule has 0 spiro atoms. The molecule has 0 aromatic heterocycles. The van der Waals surface area contributed by atoms with Gasteiger partial charge in [0.25, 0.3) is 11.1 Å². The molecule has 1 heterocycles. The summed E-state index contributed by atoms with van der Waals surface area (Å²) in [6.07, 6.45) is 1.68. The molecule has 0 aliphatic carbocycles. The summed E-state index contributed by atoms with van der Waals surface area (Å²) >= 11 is 4.38. The summed E-state index contributed by atoms with van der Waals surface area (Å²) < 4.78 is 19.9. The van der Waals surface area contributed by atoms with Crippen molar-refractivity contribution in [2.75, 3.05) is 0 Å². The fourth-order valence-corrected chi connectivity index (χ4v) is 5.09. The van der Waals surface area contributed by atoms with Crippen LogP contribution >= 0.6 is 27.7 Å². The number of amides is 2. The lowest BCUT2D eigenvalue weighted by Gasteiger charge is -2.14. The van der Waals surface area contributed by atoms with Gasteiger partial charge < -0.3 is 4.74 Å². The van der Waals surface area contributed by atoms with Gasteiger partial charge in [0.2, 0.25) is 0 Å². The lowest BCUT2D eigenvalue weighted by molar-refractivity contribution is -0.123. The van der Waals surface area contributed by atoms with Crippen molar-refractivity contribution in [1.29, 1.82) is 0 Å². The SMILES string of the molecule is O=C1S/C(=C/c2cc(Br)ccc2OCc2ccc(F)cc2)C(=O)N1Cc1cccc2ccccc12. The van der Waals surface area contributed by atoms with Gasteiger partial charge in [-0.3, -0.25) is 14.5 Å². The van der Waals surface area contributed by atoms with Gasteiger partial charge in [0, 0.05) is 10.0 Å².